The quantitative estimate of drug-likeness (QED) is 0.841. The van der Waals surface area contributed by atoms with Crippen LogP contribution in [0.5, 0.6) is 0 Å². The minimum absolute atomic E-state index is 0.0546. The normalized spacial score (nSPS) is 21.4. The van der Waals surface area contributed by atoms with Crippen LogP contribution in [0.2, 0.25) is 0 Å². The molecule has 1 unspecified atom stereocenters. The summed E-state index contributed by atoms with van der Waals surface area (Å²) in [6.07, 6.45) is 6.25. The molecule has 2 aromatic rings. The third-order valence-electron chi connectivity index (χ3n) is 3.54. The lowest BCUT2D eigenvalue weighted by molar-refractivity contribution is 0.394. The molecule has 4 heteroatoms. The molecule has 0 aromatic carbocycles. The van der Waals surface area contributed by atoms with E-state index in [1.54, 1.807) is 12.1 Å². The van der Waals surface area contributed by atoms with Gasteiger partial charge in [0, 0.05) is 36.8 Å². The molecule has 17 heavy (non-hydrogen) atoms. The summed E-state index contributed by atoms with van der Waals surface area (Å²) in [5.41, 5.74) is 2.16. The Hall–Kier alpha value is -1.55. The Bertz CT molecular complexity index is 584. The van der Waals surface area contributed by atoms with Crippen LogP contribution >= 0.6 is 0 Å². The Kier molecular flexibility index (Phi) is 2.52. The van der Waals surface area contributed by atoms with Gasteiger partial charge in [0.15, 0.2) is 5.43 Å². The Morgan fingerprint density at radius 1 is 1.53 bits per heavy atom. The highest BCUT2D eigenvalue weighted by atomic mass is 16.1. The first-order valence-electron chi connectivity index (χ1n) is 6.09. The summed E-state index contributed by atoms with van der Waals surface area (Å²) in [6.45, 7) is 2.37. The van der Waals surface area contributed by atoms with Crippen molar-refractivity contribution in [2.75, 3.05) is 20.1 Å². The lowest BCUT2D eigenvalue weighted by Gasteiger charge is -2.08. The summed E-state index contributed by atoms with van der Waals surface area (Å²) < 4.78 is 1.98. The van der Waals surface area contributed by atoms with Gasteiger partial charge in [-0.1, -0.05) is 0 Å². The molecule has 2 aromatic heterocycles. The van der Waals surface area contributed by atoms with E-state index in [2.05, 4.69) is 23.1 Å². The van der Waals surface area contributed by atoms with E-state index in [0.29, 0.717) is 0 Å². The molecule has 4 nitrogen and oxygen atoms in total. The van der Waals surface area contributed by atoms with Gasteiger partial charge in [0.1, 0.15) is 5.65 Å². The van der Waals surface area contributed by atoms with E-state index < -0.39 is 0 Å². The molecule has 1 fully saturated rings. The largest absolute Gasteiger partial charge is 0.343 e. The summed E-state index contributed by atoms with van der Waals surface area (Å²) in [5.74, 6) is 0.736. The minimum atomic E-state index is 0.0546. The average molecular weight is 231 g/mol. The van der Waals surface area contributed by atoms with E-state index in [1.807, 2.05) is 10.6 Å². The number of pyridine rings is 1. The van der Waals surface area contributed by atoms with Crippen molar-refractivity contribution in [3.05, 3.63) is 40.4 Å². The topological polar surface area (TPSA) is 40.5 Å². The zero-order valence-corrected chi connectivity index (χ0v) is 10.0. The lowest BCUT2D eigenvalue weighted by Crippen LogP contribution is -2.15. The SMILES string of the molecule is CN1CCC(Cc2cn3ccc(=O)cc3[nH]2)C1. The van der Waals surface area contributed by atoms with Gasteiger partial charge in [0.2, 0.25) is 0 Å². The molecular formula is C13H17N3O. The first kappa shape index (κ1) is 10.6. The fraction of sp³-hybridized carbons (Fsp3) is 0.462. The highest BCUT2D eigenvalue weighted by molar-refractivity contribution is 5.39. The highest BCUT2D eigenvalue weighted by Gasteiger charge is 2.20. The van der Waals surface area contributed by atoms with Gasteiger partial charge >= 0.3 is 0 Å². The number of rotatable bonds is 2. The summed E-state index contributed by atoms with van der Waals surface area (Å²) in [4.78, 5) is 16.9. The number of nitrogens with zero attached hydrogens (tertiary/aromatic N) is 2. The number of likely N-dealkylation sites (tertiary alicyclic amines) is 1. The van der Waals surface area contributed by atoms with Crippen LogP contribution in [0.25, 0.3) is 5.65 Å². The van der Waals surface area contributed by atoms with Crippen molar-refractivity contribution in [3.63, 3.8) is 0 Å². The third-order valence-corrected chi connectivity index (χ3v) is 3.54. The van der Waals surface area contributed by atoms with Crippen LogP contribution < -0.4 is 5.43 Å². The second-order valence-electron chi connectivity index (χ2n) is 5.06. The predicted molar refractivity (Wildman–Crippen MR) is 67.3 cm³/mol. The van der Waals surface area contributed by atoms with Crippen LogP contribution in [-0.2, 0) is 6.42 Å². The maximum Gasteiger partial charge on any atom is 0.183 e. The number of fused-ring (bicyclic) bond motifs is 1. The van der Waals surface area contributed by atoms with E-state index in [9.17, 15) is 4.79 Å². The maximum absolute atomic E-state index is 11.2. The number of aromatic nitrogens is 2. The predicted octanol–water partition coefficient (Wildman–Crippen LogP) is 1.12. The lowest BCUT2D eigenvalue weighted by atomic mass is 10.0. The van der Waals surface area contributed by atoms with E-state index >= 15 is 0 Å². The molecule has 0 radical (unpaired) electrons. The van der Waals surface area contributed by atoms with Crippen LogP contribution in [0.3, 0.4) is 0 Å². The Balaban J connectivity index is 1.83. The summed E-state index contributed by atoms with van der Waals surface area (Å²) in [6, 6.07) is 3.23. The van der Waals surface area contributed by atoms with Crippen molar-refractivity contribution < 1.29 is 0 Å². The number of hydrogen-bond donors (Lipinski definition) is 1. The second kappa shape index (κ2) is 4.04. The maximum atomic E-state index is 11.2. The van der Waals surface area contributed by atoms with Crippen LogP contribution in [0.1, 0.15) is 12.1 Å². The van der Waals surface area contributed by atoms with Gasteiger partial charge in [0.05, 0.1) is 0 Å². The molecule has 1 N–H and O–H groups in total. The first-order valence-corrected chi connectivity index (χ1v) is 6.09. The van der Waals surface area contributed by atoms with Gasteiger partial charge in [0.25, 0.3) is 0 Å². The number of aromatic amines is 1. The third kappa shape index (κ3) is 2.13. The summed E-state index contributed by atoms with van der Waals surface area (Å²) >= 11 is 0. The molecule has 0 saturated carbocycles. The monoisotopic (exact) mass is 231 g/mol. The van der Waals surface area contributed by atoms with Crippen molar-refractivity contribution in [1.82, 2.24) is 14.3 Å². The molecule has 1 atom stereocenters. The number of imidazole rings is 1. The van der Waals surface area contributed by atoms with Crippen molar-refractivity contribution in [3.8, 4) is 0 Å². The standard InChI is InChI=1S/C13H17N3O/c1-15-4-2-10(8-15)6-11-9-16-5-3-12(17)7-13(16)14-11/h3,5,7,9-10,14H,2,4,6,8H2,1H3. The van der Waals surface area contributed by atoms with Gasteiger partial charge < -0.3 is 14.3 Å². The van der Waals surface area contributed by atoms with Crippen molar-refractivity contribution >= 4 is 5.65 Å². The molecule has 1 aliphatic heterocycles. The molecule has 1 saturated heterocycles. The van der Waals surface area contributed by atoms with E-state index in [1.165, 1.54) is 25.2 Å². The van der Waals surface area contributed by atoms with E-state index in [0.717, 1.165) is 18.0 Å². The van der Waals surface area contributed by atoms with E-state index in [-0.39, 0.29) is 5.43 Å². The van der Waals surface area contributed by atoms with Gasteiger partial charge in [-0.25, -0.2) is 0 Å². The smallest absolute Gasteiger partial charge is 0.183 e. The van der Waals surface area contributed by atoms with Gasteiger partial charge in [-0.2, -0.15) is 0 Å². The second-order valence-corrected chi connectivity index (χ2v) is 5.06. The molecule has 0 aliphatic carbocycles. The van der Waals surface area contributed by atoms with Crippen LogP contribution in [0.15, 0.2) is 29.3 Å². The molecular weight excluding hydrogens is 214 g/mol. The molecule has 3 rings (SSSR count). The Morgan fingerprint density at radius 2 is 2.41 bits per heavy atom. The van der Waals surface area contributed by atoms with Gasteiger partial charge in [-0.3, -0.25) is 4.79 Å². The fourth-order valence-electron chi connectivity index (χ4n) is 2.68. The number of hydrogen-bond acceptors (Lipinski definition) is 2. The molecule has 0 spiro atoms. The molecule has 0 amide bonds. The highest BCUT2D eigenvalue weighted by Crippen LogP contribution is 2.19. The molecule has 90 valence electrons. The molecule has 3 heterocycles. The van der Waals surface area contributed by atoms with Gasteiger partial charge in [-0.05, 0) is 32.4 Å². The van der Waals surface area contributed by atoms with Crippen LogP contribution in [-0.4, -0.2) is 34.4 Å². The molecule has 0 bridgehead atoms. The summed E-state index contributed by atoms with van der Waals surface area (Å²) in [5, 5.41) is 0. The first-order chi connectivity index (χ1) is 8.20. The molecule has 1 aliphatic rings. The van der Waals surface area contributed by atoms with Gasteiger partial charge in [-0.15, -0.1) is 0 Å². The van der Waals surface area contributed by atoms with Crippen molar-refractivity contribution in [2.45, 2.75) is 12.8 Å². The van der Waals surface area contributed by atoms with Crippen molar-refractivity contribution in [2.24, 2.45) is 5.92 Å². The van der Waals surface area contributed by atoms with E-state index in [4.69, 9.17) is 0 Å². The fourth-order valence-corrected chi connectivity index (χ4v) is 2.68. The Labute approximate surface area is 99.9 Å². The zero-order chi connectivity index (χ0) is 11.8. The number of H-pyrrole nitrogens is 1. The Morgan fingerprint density at radius 3 is 3.18 bits per heavy atom. The average Bonchev–Trinajstić information content (AvgIpc) is 2.84. The van der Waals surface area contributed by atoms with Crippen LogP contribution in [0, 0.1) is 5.92 Å². The number of nitrogens with one attached hydrogen (secondary N) is 1. The van der Waals surface area contributed by atoms with Crippen LogP contribution in [0.4, 0.5) is 0 Å². The zero-order valence-electron chi connectivity index (χ0n) is 10.0. The summed E-state index contributed by atoms with van der Waals surface area (Å²) in [7, 11) is 2.17. The minimum Gasteiger partial charge on any atom is -0.343 e. The van der Waals surface area contributed by atoms with Crippen molar-refractivity contribution in [1.29, 1.82) is 0 Å².